The molecule has 2 aliphatic heterocycles. The van der Waals surface area contributed by atoms with E-state index in [1.807, 2.05) is 0 Å². The van der Waals surface area contributed by atoms with Gasteiger partial charge in [-0.05, 0) is 25.3 Å². The fraction of sp³-hybridized carbons (Fsp3) is 1.00. The van der Waals surface area contributed by atoms with E-state index in [9.17, 15) is 5.11 Å². The normalized spacial score (nSPS) is 49.7. The van der Waals surface area contributed by atoms with E-state index in [2.05, 4.69) is 4.90 Å². The highest BCUT2D eigenvalue weighted by molar-refractivity contribution is 4.86. The molecule has 2 saturated heterocycles. The molecule has 0 aliphatic carbocycles. The molecule has 3 unspecified atom stereocenters. The Morgan fingerprint density at radius 2 is 2.00 bits per heavy atom. The molecule has 0 amide bonds. The first-order chi connectivity index (χ1) is 4.36. The first-order valence-electron chi connectivity index (χ1n) is 3.76. The van der Waals surface area contributed by atoms with E-state index < -0.39 is 0 Å². The highest BCUT2D eigenvalue weighted by Gasteiger charge is 2.32. The first kappa shape index (κ1) is 5.69. The number of fused-ring (bicyclic) bond motifs is 2. The Kier molecular flexibility index (Phi) is 1.24. The lowest BCUT2D eigenvalue weighted by atomic mass is 9.97. The van der Waals surface area contributed by atoms with Crippen molar-refractivity contribution in [3.05, 3.63) is 0 Å². The van der Waals surface area contributed by atoms with Gasteiger partial charge in [-0.3, -0.25) is 0 Å². The van der Waals surface area contributed by atoms with Crippen LogP contribution in [0.5, 0.6) is 0 Å². The van der Waals surface area contributed by atoms with Crippen molar-refractivity contribution in [2.45, 2.75) is 18.9 Å². The van der Waals surface area contributed by atoms with Crippen molar-refractivity contribution in [2.75, 3.05) is 19.6 Å². The minimum Gasteiger partial charge on any atom is -0.393 e. The third kappa shape index (κ3) is 0.864. The molecule has 2 heteroatoms. The van der Waals surface area contributed by atoms with Gasteiger partial charge in [0.25, 0.3) is 0 Å². The van der Waals surface area contributed by atoms with Gasteiger partial charge in [-0.15, -0.1) is 0 Å². The van der Waals surface area contributed by atoms with Crippen LogP contribution in [0.4, 0.5) is 0 Å². The summed E-state index contributed by atoms with van der Waals surface area (Å²) >= 11 is 0. The smallest absolute Gasteiger partial charge is 0.0593 e. The zero-order chi connectivity index (χ0) is 6.27. The molecular weight excluding hydrogens is 114 g/mol. The molecule has 0 aromatic carbocycles. The fourth-order valence-corrected chi connectivity index (χ4v) is 1.93. The van der Waals surface area contributed by atoms with Gasteiger partial charge in [0.15, 0.2) is 0 Å². The maximum absolute atomic E-state index is 9.37. The molecule has 0 radical (unpaired) electrons. The summed E-state index contributed by atoms with van der Waals surface area (Å²) in [5.41, 5.74) is 0. The van der Waals surface area contributed by atoms with Gasteiger partial charge in [-0.2, -0.15) is 0 Å². The third-order valence-corrected chi connectivity index (χ3v) is 2.59. The molecule has 1 N–H and O–H groups in total. The van der Waals surface area contributed by atoms with Crippen LogP contribution in [0, 0.1) is 5.92 Å². The van der Waals surface area contributed by atoms with Gasteiger partial charge >= 0.3 is 0 Å². The average molecular weight is 127 g/mol. The number of hydrogen-bond acceptors (Lipinski definition) is 2. The molecule has 2 rings (SSSR count). The number of aliphatic hydroxyl groups is 1. The predicted octanol–water partition coefficient (Wildman–Crippen LogP) is 0.0729. The van der Waals surface area contributed by atoms with Gasteiger partial charge in [0.2, 0.25) is 0 Å². The maximum Gasteiger partial charge on any atom is 0.0593 e. The van der Waals surface area contributed by atoms with Gasteiger partial charge in [-0.25, -0.2) is 0 Å². The van der Waals surface area contributed by atoms with E-state index in [0.717, 1.165) is 19.5 Å². The van der Waals surface area contributed by atoms with E-state index in [1.54, 1.807) is 0 Å². The second-order valence-corrected chi connectivity index (χ2v) is 3.21. The van der Waals surface area contributed by atoms with E-state index in [4.69, 9.17) is 0 Å². The molecule has 2 aliphatic rings. The summed E-state index contributed by atoms with van der Waals surface area (Å²) in [6.07, 6.45) is 2.25. The lowest BCUT2D eigenvalue weighted by Gasteiger charge is -2.26. The molecule has 0 aromatic heterocycles. The summed E-state index contributed by atoms with van der Waals surface area (Å²) in [5.74, 6) is 0.610. The van der Waals surface area contributed by atoms with Crippen molar-refractivity contribution in [2.24, 2.45) is 5.92 Å². The number of aliphatic hydroxyl groups excluding tert-OH is 1. The monoisotopic (exact) mass is 127 g/mol. The number of nitrogens with zero attached hydrogens (tertiary/aromatic N) is 1. The van der Waals surface area contributed by atoms with Crippen LogP contribution in [0.1, 0.15) is 12.8 Å². The van der Waals surface area contributed by atoms with Crippen LogP contribution in [-0.2, 0) is 0 Å². The van der Waals surface area contributed by atoms with Crippen molar-refractivity contribution < 1.29 is 5.11 Å². The van der Waals surface area contributed by atoms with Gasteiger partial charge in [0, 0.05) is 13.1 Å². The van der Waals surface area contributed by atoms with Gasteiger partial charge < -0.3 is 10.0 Å². The van der Waals surface area contributed by atoms with E-state index in [0.29, 0.717) is 5.92 Å². The number of hydrogen-bond donors (Lipinski definition) is 1. The minimum atomic E-state index is 0.0174. The highest BCUT2D eigenvalue weighted by atomic mass is 16.3. The number of rotatable bonds is 0. The summed E-state index contributed by atoms with van der Waals surface area (Å²) < 4.78 is 0. The zero-order valence-corrected chi connectivity index (χ0v) is 5.58. The second kappa shape index (κ2) is 1.96. The Bertz CT molecular complexity index is 115. The zero-order valence-electron chi connectivity index (χ0n) is 5.58. The van der Waals surface area contributed by atoms with E-state index >= 15 is 0 Å². The second-order valence-electron chi connectivity index (χ2n) is 3.21. The van der Waals surface area contributed by atoms with Crippen LogP contribution >= 0.6 is 0 Å². The van der Waals surface area contributed by atoms with Crippen LogP contribution in [0.2, 0.25) is 0 Å². The summed E-state index contributed by atoms with van der Waals surface area (Å²) in [7, 11) is 0. The highest BCUT2D eigenvalue weighted by Crippen LogP contribution is 2.26. The molecule has 2 nitrogen and oxygen atoms in total. The minimum absolute atomic E-state index is 0.0174. The van der Waals surface area contributed by atoms with Crippen molar-refractivity contribution in [1.82, 2.24) is 4.90 Å². The van der Waals surface area contributed by atoms with Crippen LogP contribution in [0.25, 0.3) is 0 Å². The van der Waals surface area contributed by atoms with Crippen molar-refractivity contribution in [3.8, 4) is 0 Å². The number of piperidine rings is 1. The molecule has 2 fully saturated rings. The molecule has 0 saturated carbocycles. The molecule has 0 aromatic rings. The van der Waals surface area contributed by atoms with Crippen LogP contribution in [0.3, 0.4) is 0 Å². The Morgan fingerprint density at radius 3 is 2.78 bits per heavy atom. The molecule has 52 valence electrons. The van der Waals surface area contributed by atoms with Crippen LogP contribution in [0.15, 0.2) is 0 Å². The van der Waals surface area contributed by atoms with Crippen LogP contribution in [-0.4, -0.2) is 35.7 Å². The first-order valence-corrected chi connectivity index (χ1v) is 3.76. The topological polar surface area (TPSA) is 23.5 Å². The quantitative estimate of drug-likeness (QED) is 0.498. The van der Waals surface area contributed by atoms with Crippen molar-refractivity contribution in [3.63, 3.8) is 0 Å². The molecule has 9 heavy (non-hydrogen) atoms. The standard InChI is InChI=1S/C7H13NO/c9-7-2-4-8-3-1-6(7)5-8/h6-7,9H,1-5H2. The molecule has 2 heterocycles. The Morgan fingerprint density at radius 1 is 1.22 bits per heavy atom. The molecular formula is C7H13NO. The maximum atomic E-state index is 9.37. The fourth-order valence-electron chi connectivity index (χ4n) is 1.93. The van der Waals surface area contributed by atoms with Crippen LogP contribution < -0.4 is 0 Å². The Hall–Kier alpha value is -0.0800. The van der Waals surface area contributed by atoms with Crippen molar-refractivity contribution >= 4 is 0 Å². The van der Waals surface area contributed by atoms with Gasteiger partial charge in [0.05, 0.1) is 6.10 Å². The molecule has 0 spiro atoms. The summed E-state index contributed by atoms with van der Waals surface area (Å²) in [6.45, 7) is 3.50. The molecule has 3 atom stereocenters. The van der Waals surface area contributed by atoms with Crippen molar-refractivity contribution in [1.29, 1.82) is 0 Å². The summed E-state index contributed by atoms with van der Waals surface area (Å²) in [5, 5.41) is 9.37. The molecule has 2 bridgehead atoms. The predicted molar refractivity (Wildman–Crippen MR) is 35.2 cm³/mol. The van der Waals surface area contributed by atoms with E-state index in [1.165, 1.54) is 13.0 Å². The lowest BCUT2D eigenvalue weighted by molar-refractivity contribution is 0.0691. The van der Waals surface area contributed by atoms with Gasteiger partial charge in [0.1, 0.15) is 0 Å². The van der Waals surface area contributed by atoms with E-state index in [-0.39, 0.29) is 6.10 Å². The Balaban J connectivity index is 2.05. The largest absolute Gasteiger partial charge is 0.393 e. The lowest BCUT2D eigenvalue weighted by Crippen LogP contribution is -2.34. The Labute approximate surface area is 55.5 Å². The third-order valence-electron chi connectivity index (χ3n) is 2.59. The SMILES string of the molecule is OC1CCN2CCC1C2. The summed E-state index contributed by atoms with van der Waals surface area (Å²) in [4.78, 5) is 2.44. The summed E-state index contributed by atoms with van der Waals surface area (Å²) in [6, 6.07) is 0. The van der Waals surface area contributed by atoms with Gasteiger partial charge in [-0.1, -0.05) is 0 Å². The average Bonchev–Trinajstić information content (AvgIpc) is 2.25.